The van der Waals surface area contributed by atoms with E-state index in [0.29, 0.717) is 11.6 Å². The second-order valence-electron chi connectivity index (χ2n) is 4.50. The zero-order chi connectivity index (χ0) is 15.4. The number of carboxylic acids is 1. The van der Waals surface area contributed by atoms with Gasteiger partial charge in [0.15, 0.2) is 5.69 Å². The highest BCUT2D eigenvalue weighted by atomic mass is 32.1. The second kappa shape index (κ2) is 6.68. The van der Waals surface area contributed by atoms with Crippen molar-refractivity contribution in [2.24, 2.45) is 0 Å². The average Bonchev–Trinajstić information content (AvgIpc) is 3.05. The summed E-state index contributed by atoms with van der Waals surface area (Å²) in [5, 5.41) is 20.4. The van der Waals surface area contributed by atoms with Crippen LogP contribution >= 0.6 is 22.7 Å². The highest BCUT2D eigenvalue weighted by molar-refractivity contribution is 7.10. The third-order valence-electron chi connectivity index (χ3n) is 2.86. The maximum atomic E-state index is 11.8. The Bertz CT molecular complexity index is 651. The van der Waals surface area contributed by atoms with Crippen molar-refractivity contribution in [3.63, 3.8) is 0 Å². The van der Waals surface area contributed by atoms with Gasteiger partial charge in [0, 0.05) is 11.9 Å². The zero-order valence-corrected chi connectivity index (χ0v) is 13.2. The average molecular weight is 325 g/mol. The van der Waals surface area contributed by atoms with E-state index in [4.69, 9.17) is 5.11 Å². The highest BCUT2D eigenvalue weighted by Crippen LogP contribution is 2.18. The monoisotopic (exact) mass is 325 g/mol. The summed E-state index contributed by atoms with van der Waals surface area (Å²) in [6.07, 6.45) is 0. The van der Waals surface area contributed by atoms with Crippen molar-refractivity contribution in [1.82, 2.24) is 15.6 Å². The molecule has 0 saturated carbocycles. The van der Waals surface area contributed by atoms with Crippen LogP contribution in [-0.2, 0) is 6.54 Å². The molecule has 2 aromatic rings. The van der Waals surface area contributed by atoms with E-state index in [2.05, 4.69) is 15.6 Å². The molecular weight excluding hydrogens is 310 g/mol. The van der Waals surface area contributed by atoms with Gasteiger partial charge in [-0.05, 0) is 35.7 Å². The van der Waals surface area contributed by atoms with Gasteiger partial charge in [0.25, 0.3) is 0 Å². The summed E-state index contributed by atoms with van der Waals surface area (Å²) in [5.41, 5.74) is 2.24. The number of aromatic nitrogens is 1. The Morgan fingerprint density at radius 1 is 1.38 bits per heavy atom. The predicted molar refractivity (Wildman–Crippen MR) is 81.9 cm³/mol. The number of carboxylic acid groups (broad SMARTS) is 1. The Kier molecular flexibility index (Phi) is 4.92. The summed E-state index contributed by atoms with van der Waals surface area (Å²) in [6.45, 7) is 4.23. The van der Waals surface area contributed by atoms with Crippen molar-refractivity contribution >= 4 is 34.7 Å². The van der Waals surface area contributed by atoms with Crippen LogP contribution in [0.5, 0.6) is 0 Å². The summed E-state index contributed by atoms with van der Waals surface area (Å²) in [6, 6.07) is -0.646. The van der Waals surface area contributed by atoms with Crippen LogP contribution in [-0.4, -0.2) is 22.1 Å². The van der Waals surface area contributed by atoms with Crippen LogP contribution in [0.2, 0.25) is 0 Å². The molecule has 8 heteroatoms. The van der Waals surface area contributed by atoms with Gasteiger partial charge < -0.3 is 15.7 Å². The Morgan fingerprint density at radius 2 is 2.14 bits per heavy atom. The molecule has 1 unspecified atom stereocenters. The largest absolute Gasteiger partial charge is 0.476 e. The lowest BCUT2D eigenvalue weighted by Gasteiger charge is -2.12. The molecule has 2 amide bonds. The molecule has 2 rings (SSSR count). The molecule has 6 nitrogen and oxygen atoms in total. The van der Waals surface area contributed by atoms with Crippen LogP contribution in [0.4, 0.5) is 4.79 Å². The van der Waals surface area contributed by atoms with Crippen LogP contribution in [0, 0.1) is 6.92 Å². The fourth-order valence-corrected chi connectivity index (χ4v) is 3.29. The van der Waals surface area contributed by atoms with Gasteiger partial charge in [-0.2, -0.15) is 11.3 Å². The van der Waals surface area contributed by atoms with Gasteiger partial charge in [-0.3, -0.25) is 0 Å². The quantitative estimate of drug-likeness (QED) is 0.788. The number of hydrogen-bond acceptors (Lipinski definition) is 5. The first-order chi connectivity index (χ1) is 9.97. The van der Waals surface area contributed by atoms with Crippen LogP contribution in [0.25, 0.3) is 0 Å². The summed E-state index contributed by atoms with van der Waals surface area (Å²) >= 11 is 2.81. The van der Waals surface area contributed by atoms with E-state index < -0.39 is 5.97 Å². The number of carbonyl (C=O) groups is 2. The fourth-order valence-electron chi connectivity index (χ4n) is 1.64. The van der Waals surface area contributed by atoms with Crippen LogP contribution in [0.3, 0.4) is 0 Å². The van der Waals surface area contributed by atoms with E-state index in [-0.39, 0.29) is 17.8 Å². The Hall–Kier alpha value is -1.93. The molecule has 0 saturated heterocycles. The van der Waals surface area contributed by atoms with E-state index in [9.17, 15) is 9.59 Å². The smallest absolute Gasteiger partial charge is 0.355 e. The summed E-state index contributed by atoms with van der Waals surface area (Å²) in [5.74, 6) is -1.07. The number of thiazole rings is 1. The first kappa shape index (κ1) is 15.5. The van der Waals surface area contributed by atoms with E-state index in [1.807, 2.05) is 17.7 Å². The molecule has 0 bridgehead atoms. The number of nitrogens with zero attached hydrogens (tertiary/aromatic N) is 1. The molecule has 0 fully saturated rings. The molecular formula is C13H15N3O3S2. The third-order valence-corrected chi connectivity index (χ3v) is 4.80. The number of amides is 2. The lowest BCUT2D eigenvalue weighted by atomic mass is 10.2. The number of rotatable bonds is 5. The number of thiophene rings is 1. The number of nitrogens with one attached hydrogen (secondary N) is 2. The maximum Gasteiger partial charge on any atom is 0.355 e. The number of hydrogen-bond donors (Lipinski definition) is 3. The van der Waals surface area contributed by atoms with Crippen LogP contribution in [0.1, 0.15) is 39.6 Å². The summed E-state index contributed by atoms with van der Waals surface area (Å²) in [7, 11) is 0. The minimum Gasteiger partial charge on any atom is -0.476 e. The predicted octanol–water partition coefficient (Wildman–Crippen LogP) is 2.77. The third kappa shape index (κ3) is 4.02. The number of urea groups is 1. The Morgan fingerprint density at radius 3 is 2.71 bits per heavy atom. The molecule has 0 aromatic carbocycles. The number of carbonyl (C=O) groups excluding carboxylic acids is 1. The topological polar surface area (TPSA) is 91.3 Å². The van der Waals surface area contributed by atoms with Crippen molar-refractivity contribution in [3.8, 4) is 0 Å². The van der Waals surface area contributed by atoms with Gasteiger partial charge in [-0.25, -0.2) is 14.6 Å². The molecule has 0 aliphatic heterocycles. The maximum absolute atomic E-state index is 11.8. The number of aromatic carboxylic acids is 1. The Labute approximate surface area is 129 Å². The van der Waals surface area contributed by atoms with Gasteiger partial charge >= 0.3 is 12.0 Å². The lowest BCUT2D eigenvalue weighted by Crippen LogP contribution is -2.36. The van der Waals surface area contributed by atoms with Crippen LogP contribution in [0.15, 0.2) is 16.1 Å². The standard InChI is InChI=1S/C13H15N3O3S2/c1-7-4-20-5-9(7)3-14-13(19)15-8(2)11-16-10(6-21-11)12(17)18/h4-6,8H,3H2,1-2H3,(H,17,18)(H2,14,15,19). The van der Waals surface area contributed by atoms with Crippen molar-refractivity contribution in [3.05, 3.63) is 38.0 Å². The van der Waals surface area contributed by atoms with Crippen molar-refractivity contribution in [2.45, 2.75) is 26.4 Å². The van der Waals surface area contributed by atoms with Gasteiger partial charge in [0.05, 0.1) is 6.04 Å². The molecule has 21 heavy (non-hydrogen) atoms. The molecule has 3 N–H and O–H groups in total. The molecule has 0 aliphatic rings. The van der Waals surface area contributed by atoms with Crippen molar-refractivity contribution in [2.75, 3.05) is 0 Å². The Balaban J connectivity index is 1.86. The fraction of sp³-hybridized carbons (Fsp3) is 0.308. The first-order valence-electron chi connectivity index (χ1n) is 6.22. The second-order valence-corrected chi connectivity index (χ2v) is 6.14. The lowest BCUT2D eigenvalue weighted by molar-refractivity contribution is 0.0691. The van der Waals surface area contributed by atoms with Gasteiger partial charge in [-0.1, -0.05) is 0 Å². The molecule has 112 valence electrons. The van der Waals surface area contributed by atoms with Crippen molar-refractivity contribution < 1.29 is 14.7 Å². The minimum absolute atomic E-state index is 0.00189. The van der Waals surface area contributed by atoms with E-state index in [1.54, 1.807) is 18.3 Å². The van der Waals surface area contributed by atoms with Crippen molar-refractivity contribution in [1.29, 1.82) is 0 Å². The molecule has 0 aliphatic carbocycles. The molecule has 2 aromatic heterocycles. The SMILES string of the molecule is Cc1cscc1CNC(=O)NC(C)c1nc(C(=O)O)cs1. The van der Waals surface area contributed by atoms with E-state index in [0.717, 1.165) is 11.1 Å². The van der Waals surface area contributed by atoms with Gasteiger partial charge in [0.2, 0.25) is 0 Å². The number of aryl methyl sites for hydroxylation is 1. The first-order valence-corrected chi connectivity index (χ1v) is 8.04. The summed E-state index contributed by atoms with van der Waals surface area (Å²) in [4.78, 5) is 26.6. The highest BCUT2D eigenvalue weighted by Gasteiger charge is 2.15. The normalized spacial score (nSPS) is 11.9. The minimum atomic E-state index is -1.07. The summed E-state index contributed by atoms with van der Waals surface area (Å²) < 4.78 is 0. The molecule has 1 atom stereocenters. The zero-order valence-electron chi connectivity index (χ0n) is 11.5. The van der Waals surface area contributed by atoms with Crippen LogP contribution < -0.4 is 10.6 Å². The molecule has 0 spiro atoms. The van der Waals surface area contributed by atoms with Gasteiger partial charge in [0.1, 0.15) is 5.01 Å². The molecule has 2 heterocycles. The van der Waals surface area contributed by atoms with E-state index >= 15 is 0 Å². The van der Waals surface area contributed by atoms with E-state index in [1.165, 1.54) is 16.7 Å². The van der Waals surface area contributed by atoms with Gasteiger partial charge in [-0.15, -0.1) is 11.3 Å². The molecule has 0 radical (unpaired) electrons.